The molecular formula is C86H153NO8P+. The molecule has 0 saturated carbocycles. The van der Waals surface area contributed by atoms with Crippen LogP contribution in [-0.4, -0.2) is 74.9 Å². The molecule has 0 saturated heterocycles. The summed E-state index contributed by atoms with van der Waals surface area (Å²) in [4.78, 5) is 36.0. The number of phosphoric ester groups is 1. The van der Waals surface area contributed by atoms with Gasteiger partial charge in [0.15, 0.2) is 6.10 Å². The normalized spacial score (nSPS) is 13.7. The summed E-state index contributed by atoms with van der Waals surface area (Å²) in [5.41, 5.74) is 0. The number of allylic oxidation sites excluding steroid dienone is 20. The van der Waals surface area contributed by atoms with Gasteiger partial charge < -0.3 is 18.9 Å². The minimum Gasteiger partial charge on any atom is -0.462 e. The molecule has 9 nitrogen and oxygen atoms in total. The smallest absolute Gasteiger partial charge is 0.462 e. The molecule has 0 aromatic rings. The summed E-state index contributed by atoms with van der Waals surface area (Å²) in [6, 6.07) is 0. The average molecular weight is 1360 g/mol. The molecule has 0 heterocycles. The first-order valence-corrected chi connectivity index (χ1v) is 41.8. The summed E-state index contributed by atoms with van der Waals surface area (Å²) >= 11 is 0. The van der Waals surface area contributed by atoms with Gasteiger partial charge in [-0.15, -0.1) is 0 Å². The van der Waals surface area contributed by atoms with Crippen molar-refractivity contribution in [2.45, 2.75) is 367 Å². The van der Waals surface area contributed by atoms with Crippen LogP contribution < -0.4 is 0 Å². The first-order valence-electron chi connectivity index (χ1n) is 40.3. The fraction of sp³-hybridized carbons (Fsp3) is 0.744. The van der Waals surface area contributed by atoms with E-state index >= 15 is 0 Å². The third-order valence-electron chi connectivity index (χ3n) is 17.5. The van der Waals surface area contributed by atoms with Crippen LogP contribution in [0.25, 0.3) is 0 Å². The molecule has 0 fully saturated rings. The van der Waals surface area contributed by atoms with Crippen molar-refractivity contribution in [3.05, 3.63) is 122 Å². The van der Waals surface area contributed by atoms with Crippen LogP contribution in [0, 0.1) is 0 Å². The summed E-state index contributed by atoms with van der Waals surface area (Å²) in [5.74, 6) is -0.803. The topological polar surface area (TPSA) is 108 Å². The molecule has 0 rings (SSSR count). The monoisotopic (exact) mass is 1360 g/mol. The van der Waals surface area contributed by atoms with Crippen molar-refractivity contribution < 1.29 is 42.1 Å². The fourth-order valence-corrected chi connectivity index (χ4v) is 12.1. The van der Waals surface area contributed by atoms with E-state index in [1.807, 2.05) is 21.1 Å². The lowest BCUT2D eigenvalue weighted by Gasteiger charge is -2.24. The number of hydrogen-bond acceptors (Lipinski definition) is 7. The van der Waals surface area contributed by atoms with E-state index in [1.165, 1.54) is 225 Å². The van der Waals surface area contributed by atoms with Crippen molar-refractivity contribution in [2.75, 3.05) is 47.5 Å². The number of hydrogen-bond donors (Lipinski definition) is 1. The third-order valence-corrected chi connectivity index (χ3v) is 18.5. The zero-order valence-electron chi connectivity index (χ0n) is 63.3. The van der Waals surface area contributed by atoms with E-state index in [9.17, 15) is 19.0 Å². The lowest BCUT2D eigenvalue weighted by molar-refractivity contribution is -0.870. The number of carbonyl (C=O) groups is 2. The second-order valence-corrected chi connectivity index (χ2v) is 29.5. The van der Waals surface area contributed by atoms with Crippen molar-refractivity contribution in [1.82, 2.24) is 0 Å². The highest BCUT2D eigenvalue weighted by atomic mass is 31.2. The van der Waals surface area contributed by atoms with Gasteiger partial charge in [0.25, 0.3) is 0 Å². The highest BCUT2D eigenvalue weighted by Crippen LogP contribution is 2.43. The summed E-state index contributed by atoms with van der Waals surface area (Å²) < 4.78 is 34.8. The van der Waals surface area contributed by atoms with Gasteiger partial charge in [-0.2, -0.15) is 0 Å². The molecule has 0 aromatic carbocycles. The highest BCUT2D eigenvalue weighted by Gasteiger charge is 2.27. The predicted molar refractivity (Wildman–Crippen MR) is 418 cm³/mol. The molecule has 1 N–H and O–H groups in total. The van der Waals surface area contributed by atoms with Crippen LogP contribution in [0.3, 0.4) is 0 Å². The molecule has 2 atom stereocenters. The summed E-state index contributed by atoms with van der Waals surface area (Å²) in [6.45, 7) is 4.34. The largest absolute Gasteiger partial charge is 0.472 e. The molecule has 2 unspecified atom stereocenters. The number of unbranched alkanes of at least 4 members (excludes halogenated alkanes) is 40. The zero-order valence-corrected chi connectivity index (χ0v) is 64.2. The van der Waals surface area contributed by atoms with Gasteiger partial charge in [-0.05, 0) is 109 Å². The van der Waals surface area contributed by atoms with Gasteiger partial charge in [0.2, 0.25) is 0 Å². The second-order valence-electron chi connectivity index (χ2n) is 28.1. The Hall–Kier alpha value is -3.59. The van der Waals surface area contributed by atoms with E-state index in [2.05, 4.69) is 135 Å². The van der Waals surface area contributed by atoms with Gasteiger partial charge in [-0.1, -0.05) is 360 Å². The number of ether oxygens (including phenoxy) is 2. The first kappa shape index (κ1) is 92.4. The van der Waals surface area contributed by atoms with Crippen LogP contribution in [-0.2, 0) is 32.7 Å². The number of esters is 2. The maximum absolute atomic E-state index is 12.9. The Morgan fingerprint density at radius 1 is 0.333 bits per heavy atom. The molecule has 0 aliphatic carbocycles. The van der Waals surface area contributed by atoms with Crippen LogP contribution in [0.4, 0.5) is 0 Å². The quantitative estimate of drug-likeness (QED) is 0.0211. The van der Waals surface area contributed by atoms with Gasteiger partial charge in [-0.25, -0.2) is 4.57 Å². The van der Waals surface area contributed by atoms with Crippen LogP contribution >= 0.6 is 7.82 Å². The Balaban J connectivity index is 4.00. The molecule has 0 aliphatic heterocycles. The van der Waals surface area contributed by atoms with E-state index in [1.54, 1.807) is 0 Å². The Kier molecular flexibility index (Phi) is 72.8. The van der Waals surface area contributed by atoms with Crippen LogP contribution in [0.2, 0.25) is 0 Å². The molecule has 0 spiro atoms. The number of carbonyl (C=O) groups excluding carboxylic acids is 2. The molecule has 0 bridgehead atoms. The van der Waals surface area contributed by atoms with Gasteiger partial charge in [0, 0.05) is 12.8 Å². The Bertz CT molecular complexity index is 2040. The van der Waals surface area contributed by atoms with E-state index in [-0.39, 0.29) is 32.0 Å². The predicted octanol–water partition coefficient (Wildman–Crippen LogP) is 26.9. The van der Waals surface area contributed by atoms with Crippen LogP contribution in [0.15, 0.2) is 122 Å². The SMILES string of the molecule is CC/C=C\C/C=C\C/C=C\C/C=C\C/C=C\C/C=C\C/C=C\C/C=C\C/C=C\CCCCCCCCCC(=O)OC(COC(=O)CCCCCCCCCCCCCCCCCCCCCCCCCCC/C=C\CCCCCCCCCC)COP(=O)(O)OCC[N+](C)(C)C. The van der Waals surface area contributed by atoms with E-state index in [0.29, 0.717) is 17.4 Å². The lowest BCUT2D eigenvalue weighted by Crippen LogP contribution is -2.37. The summed E-state index contributed by atoms with van der Waals surface area (Å²) in [6.07, 6.45) is 109. The Labute approximate surface area is 594 Å². The number of rotatable bonds is 74. The minimum atomic E-state index is -4.41. The van der Waals surface area contributed by atoms with Crippen molar-refractivity contribution >= 4 is 19.8 Å². The van der Waals surface area contributed by atoms with Crippen LogP contribution in [0.5, 0.6) is 0 Å². The molecular weight excluding hydrogens is 1210 g/mol. The number of nitrogens with zero attached hydrogens (tertiary/aromatic N) is 1. The Morgan fingerprint density at radius 3 is 0.896 bits per heavy atom. The lowest BCUT2D eigenvalue weighted by atomic mass is 10.0. The zero-order chi connectivity index (χ0) is 69.7. The first-order chi connectivity index (χ1) is 47.0. The number of likely N-dealkylation sites (N-methyl/N-ethyl adjacent to an activating group) is 1. The molecule has 554 valence electrons. The van der Waals surface area contributed by atoms with Crippen molar-refractivity contribution in [2.24, 2.45) is 0 Å². The van der Waals surface area contributed by atoms with Gasteiger partial charge in [0.05, 0.1) is 27.7 Å². The third kappa shape index (κ3) is 79.4. The Morgan fingerprint density at radius 2 is 0.594 bits per heavy atom. The number of phosphoric acid groups is 1. The molecule has 10 heteroatoms. The van der Waals surface area contributed by atoms with Gasteiger partial charge in [-0.3, -0.25) is 18.6 Å². The fourth-order valence-electron chi connectivity index (χ4n) is 11.4. The summed E-state index contributed by atoms with van der Waals surface area (Å²) in [7, 11) is 1.47. The average Bonchev–Trinajstić information content (AvgIpc) is 2.74. The van der Waals surface area contributed by atoms with Crippen molar-refractivity contribution in [1.29, 1.82) is 0 Å². The molecule has 0 aliphatic rings. The van der Waals surface area contributed by atoms with Crippen molar-refractivity contribution in [3.8, 4) is 0 Å². The van der Waals surface area contributed by atoms with E-state index < -0.39 is 26.5 Å². The maximum atomic E-state index is 12.9. The van der Waals surface area contributed by atoms with Crippen molar-refractivity contribution in [3.63, 3.8) is 0 Å². The molecule has 0 aromatic heterocycles. The molecule has 96 heavy (non-hydrogen) atoms. The standard InChI is InChI=1S/C86H152NO8P/c1-6-8-10-12-14-16-18-20-22-24-26-28-30-32-34-36-38-40-42-43-45-46-48-50-52-54-56-58-60-62-64-66-68-70-72-74-76-78-85(88)92-82-84(83-94-96(90,91)93-81-80-87(3,4)5)95-86(89)79-77-75-73-71-69-67-65-63-61-59-57-55-53-51-49-47-44-41-39-37-35-33-31-29-27-25-23-21-19-17-15-13-11-9-7-2/h9,11,15,17,21,23-24,26-27,29,33,35,39,41,47,49,53,55,59,61,84H,6-8,10,12-14,16,18-20,22,25,28,30-32,34,36-38,40,42-46,48,50-52,54,56-58,60,62-83H2,1-5H3/p+1/b11-9-,17-15-,23-21-,26-24-,29-27-,35-33-,41-39-,49-47-,55-53-,61-59-. The van der Waals surface area contributed by atoms with Crippen LogP contribution in [0.1, 0.15) is 361 Å². The maximum Gasteiger partial charge on any atom is 0.472 e. The highest BCUT2D eigenvalue weighted by molar-refractivity contribution is 7.47. The molecule has 0 amide bonds. The number of quaternary nitrogens is 1. The minimum absolute atomic E-state index is 0.0252. The summed E-state index contributed by atoms with van der Waals surface area (Å²) in [5, 5.41) is 0. The molecule has 0 radical (unpaired) electrons. The van der Waals surface area contributed by atoms with E-state index in [0.717, 1.165) is 103 Å². The van der Waals surface area contributed by atoms with Gasteiger partial charge >= 0.3 is 19.8 Å². The van der Waals surface area contributed by atoms with E-state index in [4.69, 9.17) is 18.5 Å². The second kappa shape index (κ2) is 75.6. The van der Waals surface area contributed by atoms with Gasteiger partial charge in [0.1, 0.15) is 19.8 Å².